The van der Waals surface area contributed by atoms with Crippen LogP contribution >= 0.6 is 0 Å². The summed E-state index contributed by atoms with van der Waals surface area (Å²) >= 11 is 0. The number of hydrogen-bond donors (Lipinski definition) is 4. The molecule has 158 valence electrons. The number of nitrogens with two attached hydrogens (primary N) is 2. The summed E-state index contributed by atoms with van der Waals surface area (Å²) < 4.78 is 0. The van der Waals surface area contributed by atoms with Crippen LogP contribution in [0.5, 0.6) is 11.5 Å². The molecule has 0 heterocycles. The van der Waals surface area contributed by atoms with Crippen LogP contribution < -0.4 is 11.7 Å². The molecule has 0 spiro atoms. The molecule has 0 unspecified atom stereocenters. The van der Waals surface area contributed by atoms with Crippen LogP contribution in [0.2, 0.25) is 0 Å². The van der Waals surface area contributed by atoms with Gasteiger partial charge in [0.15, 0.2) is 0 Å². The first-order valence-corrected chi connectivity index (χ1v) is 10.4. The third-order valence-corrected chi connectivity index (χ3v) is 4.89. The fourth-order valence-electron chi connectivity index (χ4n) is 2.90. The minimum Gasteiger partial charge on any atom is -0.508 e. The van der Waals surface area contributed by atoms with Crippen LogP contribution in [0.1, 0.15) is 75.0 Å². The molecule has 6 N–H and O–H groups in total. The van der Waals surface area contributed by atoms with E-state index in [1.807, 2.05) is 0 Å². The second-order valence-electron chi connectivity index (χ2n) is 7.06. The van der Waals surface area contributed by atoms with Gasteiger partial charge in [-0.2, -0.15) is 0 Å². The van der Waals surface area contributed by atoms with Crippen molar-refractivity contribution in [1.82, 2.24) is 0 Å². The second-order valence-corrected chi connectivity index (χ2v) is 7.06. The standard InChI is InChI=1S/C16H26.C8H10O2.H4N2/c1-2-3-4-5-6-7-8-10-13-16-14-11-9-12-15-16;1-5-6(2)8(10)4-3-7(5)9;1-2/h9,11-12,14-15H,2-8,10,13H2,1H3;3-4,9-10H,1-2H3;1-2H2. The lowest BCUT2D eigenvalue weighted by molar-refractivity contribution is 0.453. The molecule has 4 nitrogen and oxygen atoms in total. The van der Waals surface area contributed by atoms with Gasteiger partial charge in [0.25, 0.3) is 0 Å². The van der Waals surface area contributed by atoms with E-state index in [2.05, 4.69) is 48.9 Å². The first-order valence-electron chi connectivity index (χ1n) is 10.4. The number of unbranched alkanes of at least 4 members (excludes halogenated alkanes) is 7. The molecule has 0 amide bonds. The SMILES string of the molecule is CCCCCCCCCCc1ccccc1.Cc1c(O)ccc(O)c1C.NN. The maximum Gasteiger partial charge on any atom is 0.119 e. The maximum atomic E-state index is 9.11. The highest BCUT2D eigenvalue weighted by molar-refractivity contribution is 5.45. The van der Waals surface area contributed by atoms with E-state index in [0.29, 0.717) is 0 Å². The zero-order valence-corrected chi connectivity index (χ0v) is 18.0. The molecule has 0 saturated heterocycles. The highest BCUT2D eigenvalue weighted by Crippen LogP contribution is 2.26. The van der Waals surface area contributed by atoms with Gasteiger partial charge in [0.05, 0.1) is 0 Å². The number of phenolic OH excluding ortho intramolecular Hbond substituents is 2. The maximum absolute atomic E-state index is 9.11. The van der Waals surface area contributed by atoms with Crippen molar-refractivity contribution in [1.29, 1.82) is 0 Å². The summed E-state index contributed by atoms with van der Waals surface area (Å²) in [5.74, 6) is 8.46. The lowest BCUT2D eigenvalue weighted by Gasteiger charge is -2.03. The number of aromatic hydroxyl groups is 2. The number of hydrogen-bond acceptors (Lipinski definition) is 4. The summed E-state index contributed by atoms with van der Waals surface area (Å²) in [5.41, 5.74) is 2.97. The molecule has 0 aromatic heterocycles. The number of hydrazine groups is 1. The first-order chi connectivity index (χ1) is 13.6. The van der Waals surface area contributed by atoms with Crippen molar-refractivity contribution in [3.8, 4) is 11.5 Å². The van der Waals surface area contributed by atoms with Crippen LogP contribution in [0.3, 0.4) is 0 Å². The molecule has 2 aromatic rings. The van der Waals surface area contributed by atoms with Gasteiger partial charge in [-0.3, -0.25) is 11.7 Å². The van der Waals surface area contributed by atoms with E-state index in [-0.39, 0.29) is 11.5 Å². The van der Waals surface area contributed by atoms with Crippen molar-refractivity contribution in [3.05, 3.63) is 59.2 Å². The van der Waals surface area contributed by atoms with Gasteiger partial charge in [0.2, 0.25) is 0 Å². The third kappa shape index (κ3) is 11.6. The van der Waals surface area contributed by atoms with E-state index >= 15 is 0 Å². The summed E-state index contributed by atoms with van der Waals surface area (Å²) in [6.07, 6.45) is 12.5. The van der Waals surface area contributed by atoms with Crippen LogP contribution in [0, 0.1) is 13.8 Å². The van der Waals surface area contributed by atoms with Gasteiger partial charge in [-0.25, -0.2) is 0 Å². The summed E-state index contributed by atoms with van der Waals surface area (Å²) in [6.45, 7) is 5.81. The number of benzene rings is 2. The van der Waals surface area contributed by atoms with Crippen molar-refractivity contribution < 1.29 is 10.2 Å². The molecule has 0 aliphatic heterocycles. The molecule has 0 atom stereocenters. The zero-order valence-electron chi connectivity index (χ0n) is 18.0. The van der Waals surface area contributed by atoms with E-state index in [9.17, 15) is 0 Å². The van der Waals surface area contributed by atoms with Crippen molar-refractivity contribution in [3.63, 3.8) is 0 Å². The highest BCUT2D eigenvalue weighted by atomic mass is 16.3. The van der Waals surface area contributed by atoms with Crippen molar-refractivity contribution in [2.75, 3.05) is 0 Å². The lowest BCUT2D eigenvalue weighted by Crippen LogP contribution is -2.02. The highest BCUT2D eigenvalue weighted by Gasteiger charge is 2.02. The van der Waals surface area contributed by atoms with Crippen LogP contribution in [0.4, 0.5) is 0 Å². The van der Waals surface area contributed by atoms with E-state index < -0.39 is 0 Å². The van der Waals surface area contributed by atoms with Gasteiger partial charge in [-0.05, 0) is 55.5 Å². The minimum atomic E-state index is 0.232. The van der Waals surface area contributed by atoms with Gasteiger partial charge in [0, 0.05) is 0 Å². The summed E-state index contributed by atoms with van der Waals surface area (Å²) in [6, 6.07) is 13.8. The predicted molar refractivity (Wildman–Crippen MR) is 120 cm³/mol. The molecular formula is C24H40N2O2. The normalized spacial score (nSPS) is 9.75. The van der Waals surface area contributed by atoms with Crippen LogP contribution in [0.25, 0.3) is 0 Å². The van der Waals surface area contributed by atoms with E-state index in [1.54, 1.807) is 13.8 Å². The van der Waals surface area contributed by atoms with Crippen LogP contribution in [-0.2, 0) is 6.42 Å². The average molecular weight is 389 g/mol. The Bertz CT molecular complexity index is 589. The van der Waals surface area contributed by atoms with Gasteiger partial charge < -0.3 is 10.2 Å². The average Bonchev–Trinajstić information content (AvgIpc) is 2.74. The summed E-state index contributed by atoms with van der Waals surface area (Å²) in [5, 5.41) is 18.2. The van der Waals surface area contributed by atoms with Crippen molar-refractivity contribution in [2.24, 2.45) is 11.7 Å². The Morgan fingerprint density at radius 2 is 1.07 bits per heavy atom. The summed E-state index contributed by atoms with van der Waals surface area (Å²) in [7, 11) is 0. The monoisotopic (exact) mass is 388 g/mol. The Balaban J connectivity index is 0.000000520. The van der Waals surface area contributed by atoms with Crippen LogP contribution in [-0.4, -0.2) is 10.2 Å². The predicted octanol–water partition coefficient (Wildman–Crippen LogP) is 5.90. The van der Waals surface area contributed by atoms with Crippen LogP contribution in [0.15, 0.2) is 42.5 Å². The van der Waals surface area contributed by atoms with E-state index in [4.69, 9.17) is 10.2 Å². The van der Waals surface area contributed by atoms with E-state index in [1.165, 1.54) is 75.5 Å². The smallest absolute Gasteiger partial charge is 0.119 e. The largest absolute Gasteiger partial charge is 0.508 e. The quantitative estimate of drug-likeness (QED) is 0.186. The Labute approximate surface area is 171 Å². The molecule has 28 heavy (non-hydrogen) atoms. The molecule has 0 radical (unpaired) electrons. The van der Waals surface area contributed by atoms with Crippen molar-refractivity contribution in [2.45, 2.75) is 78.6 Å². The lowest BCUT2D eigenvalue weighted by atomic mass is 10.0. The number of rotatable bonds is 9. The molecule has 0 saturated carbocycles. The van der Waals surface area contributed by atoms with Gasteiger partial charge in [-0.1, -0.05) is 82.2 Å². The molecule has 0 fully saturated rings. The Morgan fingerprint density at radius 1 is 0.643 bits per heavy atom. The molecule has 2 aromatic carbocycles. The Kier molecular flexibility index (Phi) is 15.8. The fraction of sp³-hybridized carbons (Fsp3) is 0.500. The van der Waals surface area contributed by atoms with Crippen molar-refractivity contribution >= 4 is 0 Å². The molecule has 0 bridgehead atoms. The topological polar surface area (TPSA) is 92.5 Å². The van der Waals surface area contributed by atoms with Gasteiger partial charge in [-0.15, -0.1) is 0 Å². The Morgan fingerprint density at radius 3 is 1.54 bits per heavy atom. The molecule has 4 heteroatoms. The van der Waals surface area contributed by atoms with Gasteiger partial charge >= 0.3 is 0 Å². The third-order valence-electron chi connectivity index (χ3n) is 4.89. The number of phenols is 2. The first kappa shape index (κ1) is 26.0. The molecule has 0 aliphatic carbocycles. The summed E-state index contributed by atoms with van der Waals surface area (Å²) in [4.78, 5) is 0. The molecule has 0 aliphatic rings. The fourth-order valence-corrected chi connectivity index (χ4v) is 2.90. The zero-order chi connectivity index (χ0) is 21.2. The molecule has 2 rings (SSSR count). The minimum absolute atomic E-state index is 0.232. The Hall–Kier alpha value is -2.04. The molecular weight excluding hydrogens is 348 g/mol. The van der Waals surface area contributed by atoms with E-state index in [0.717, 1.165) is 11.1 Å². The second kappa shape index (κ2) is 17.1. The van der Waals surface area contributed by atoms with Gasteiger partial charge in [0.1, 0.15) is 11.5 Å². The number of aryl methyl sites for hydroxylation is 1.